The van der Waals surface area contributed by atoms with Crippen LogP contribution in [0.25, 0.3) is 0 Å². The summed E-state index contributed by atoms with van der Waals surface area (Å²) >= 11 is 1.62. The van der Waals surface area contributed by atoms with E-state index < -0.39 is 5.60 Å². The Balaban J connectivity index is 1.22. The molecule has 2 aromatic rings. The molecule has 0 radical (unpaired) electrons. The van der Waals surface area contributed by atoms with Crippen molar-refractivity contribution in [1.29, 1.82) is 0 Å². The maximum atomic E-state index is 13.1. The lowest BCUT2D eigenvalue weighted by Gasteiger charge is -2.50. The van der Waals surface area contributed by atoms with Gasteiger partial charge < -0.3 is 19.3 Å². The van der Waals surface area contributed by atoms with Gasteiger partial charge in [0, 0.05) is 37.3 Å². The highest BCUT2D eigenvalue weighted by Crippen LogP contribution is 2.50. The Morgan fingerprint density at radius 1 is 1.03 bits per heavy atom. The zero-order valence-corrected chi connectivity index (χ0v) is 19.0. The molecule has 3 fully saturated rings. The third-order valence-electron chi connectivity index (χ3n) is 6.90. The van der Waals surface area contributed by atoms with Crippen LogP contribution in [0.15, 0.2) is 54.6 Å². The van der Waals surface area contributed by atoms with Crippen LogP contribution in [0.3, 0.4) is 0 Å². The fourth-order valence-corrected chi connectivity index (χ4v) is 5.34. The number of hydrogen-bond acceptors (Lipinski definition) is 5. The lowest BCUT2D eigenvalue weighted by atomic mass is 9.87. The minimum atomic E-state index is -0.555. The van der Waals surface area contributed by atoms with Crippen LogP contribution in [0, 0.1) is 0 Å². The standard InChI is InChI=1S/C25H31N3O2S/c1-31-26-21-7-5-6-20(18-21)10-15-27-16-13-24(14-17-27)19-28(22-8-3-2-4-9-22)23(29)25(30-24)11-12-25/h2-9,18,26H,10-17,19H2,1H3. The molecule has 2 saturated heterocycles. The number of ether oxygens (including phenoxy) is 1. The van der Waals surface area contributed by atoms with Crippen molar-refractivity contribution in [1.82, 2.24) is 4.90 Å². The average molecular weight is 438 g/mol. The Labute approximate surface area is 189 Å². The van der Waals surface area contributed by atoms with E-state index in [0.29, 0.717) is 6.54 Å². The third kappa shape index (κ3) is 4.34. The predicted molar refractivity (Wildman–Crippen MR) is 128 cm³/mol. The normalized spacial score (nSPS) is 22.1. The van der Waals surface area contributed by atoms with E-state index in [1.165, 1.54) is 11.3 Å². The van der Waals surface area contributed by atoms with E-state index in [-0.39, 0.29) is 11.5 Å². The highest BCUT2D eigenvalue weighted by molar-refractivity contribution is 7.99. The summed E-state index contributed by atoms with van der Waals surface area (Å²) in [5.74, 6) is 0.158. The summed E-state index contributed by atoms with van der Waals surface area (Å²) in [6, 6.07) is 18.8. The highest BCUT2D eigenvalue weighted by Gasteiger charge is 2.62. The van der Waals surface area contributed by atoms with Gasteiger partial charge in [0.2, 0.25) is 0 Å². The van der Waals surface area contributed by atoms with Gasteiger partial charge in [0.1, 0.15) is 5.60 Å². The molecule has 2 aromatic carbocycles. The number of nitrogens with zero attached hydrogens (tertiary/aromatic N) is 2. The van der Waals surface area contributed by atoms with Crippen molar-refractivity contribution < 1.29 is 9.53 Å². The topological polar surface area (TPSA) is 44.8 Å². The van der Waals surface area contributed by atoms with Crippen LogP contribution in [-0.2, 0) is 16.0 Å². The van der Waals surface area contributed by atoms with E-state index in [1.54, 1.807) is 11.9 Å². The van der Waals surface area contributed by atoms with E-state index in [1.807, 2.05) is 41.5 Å². The number of piperidine rings is 1. The molecule has 31 heavy (non-hydrogen) atoms. The van der Waals surface area contributed by atoms with Crippen LogP contribution in [0.5, 0.6) is 0 Å². The third-order valence-corrected chi connectivity index (χ3v) is 7.34. The number of amides is 1. The minimum Gasteiger partial charge on any atom is -0.357 e. The van der Waals surface area contributed by atoms with Gasteiger partial charge in [-0.25, -0.2) is 0 Å². The Morgan fingerprint density at radius 3 is 2.52 bits per heavy atom. The number of hydrogen-bond donors (Lipinski definition) is 1. The molecule has 0 aromatic heterocycles. The van der Waals surface area contributed by atoms with Crippen molar-refractivity contribution in [3.05, 3.63) is 60.2 Å². The number of para-hydroxylation sites is 1. The number of benzene rings is 2. The fraction of sp³-hybridized carbons (Fsp3) is 0.480. The molecule has 2 aliphatic heterocycles. The van der Waals surface area contributed by atoms with Gasteiger partial charge in [-0.05, 0) is 61.9 Å². The maximum Gasteiger partial charge on any atom is 0.259 e. The van der Waals surface area contributed by atoms with E-state index in [0.717, 1.165) is 57.4 Å². The number of anilines is 2. The molecule has 1 amide bonds. The number of rotatable bonds is 6. The molecule has 2 heterocycles. The number of carbonyl (C=O) groups excluding carboxylic acids is 1. The van der Waals surface area contributed by atoms with Crippen molar-refractivity contribution in [2.75, 3.05) is 42.1 Å². The summed E-state index contributed by atoms with van der Waals surface area (Å²) in [4.78, 5) is 17.7. The number of likely N-dealkylation sites (tertiary alicyclic amines) is 1. The minimum absolute atomic E-state index is 0.158. The lowest BCUT2D eigenvalue weighted by Crippen LogP contribution is -2.63. The van der Waals surface area contributed by atoms with Crippen LogP contribution in [0.2, 0.25) is 0 Å². The quantitative estimate of drug-likeness (QED) is 0.681. The maximum absolute atomic E-state index is 13.1. The first-order chi connectivity index (χ1) is 15.1. The smallest absolute Gasteiger partial charge is 0.259 e. The largest absolute Gasteiger partial charge is 0.357 e. The van der Waals surface area contributed by atoms with Crippen LogP contribution in [0.4, 0.5) is 11.4 Å². The molecule has 5 nitrogen and oxygen atoms in total. The Bertz CT molecular complexity index is 923. The first kappa shape index (κ1) is 20.9. The Morgan fingerprint density at radius 2 is 1.81 bits per heavy atom. The molecule has 3 aliphatic rings. The number of morpholine rings is 1. The zero-order valence-electron chi connectivity index (χ0n) is 18.2. The van der Waals surface area contributed by atoms with Gasteiger partial charge >= 0.3 is 0 Å². The molecule has 0 atom stereocenters. The van der Waals surface area contributed by atoms with Crippen LogP contribution >= 0.6 is 11.9 Å². The summed E-state index contributed by atoms with van der Waals surface area (Å²) in [6.45, 7) is 3.78. The summed E-state index contributed by atoms with van der Waals surface area (Å²) in [6.07, 6.45) is 6.79. The number of carbonyl (C=O) groups is 1. The fourth-order valence-electron chi connectivity index (χ4n) is 4.98. The summed E-state index contributed by atoms with van der Waals surface area (Å²) < 4.78 is 9.92. The SMILES string of the molecule is CSNc1cccc(CCN2CCC3(CC2)CN(c2ccccc2)C(=O)C2(CC2)O3)c1. The summed E-state index contributed by atoms with van der Waals surface area (Å²) in [5, 5.41) is 0. The van der Waals surface area contributed by atoms with Crippen LogP contribution in [-0.4, -0.2) is 54.4 Å². The molecular formula is C25H31N3O2S. The van der Waals surface area contributed by atoms with Crippen molar-refractivity contribution in [3.8, 4) is 0 Å². The van der Waals surface area contributed by atoms with Gasteiger partial charge in [-0.1, -0.05) is 42.3 Å². The van der Waals surface area contributed by atoms with E-state index in [9.17, 15) is 4.79 Å². The molecule has 1 saturated carbocycles. The van der Waals surface area contributed by atoms with Gasteiger partial charge in [0.15, 0.2) is 0 Å². The molecule has 0 bridgehead atoms. The van der Waals surface area contributed by atoms with E-state index in [2.05, 4.69) is 33.9 Å². The molecule has 0 unspecified atom stereocenters. The zero-order chi connectivity index (χ0) is 21.3. The van der Waals surface area contributed by atoms with E-state index in [4.69, 9.17) is 4.74 Å². The molecule has 1 N–H and O–H groups in total. The van der Waals surface area contributed by atoms with Gasteiger partial charge in [-0.3, -0.25) is 4.79 Å². The van der Waals surface area contributed by atoms with Crippen LogP contribution in [0.1, 0.15) is 31.2 Å². The molecule has 164 valence electrons. The summed E-state index contributed by atoms with van der Waals surface area (Å²) in [7, 11) is 0. The van der Waals surface area contributed by atoms with Gasteiger partial charge in [0.25, 0.3) is 5.91 Å². The van der Waals surface area contributed by atoms with Crippen molar-refractivity contribution >= 4 is 29.2 Å². The first-order valence-corrected chi connectivity index (χ1v) is 12.5. The highest BCUT2D eigenvalue weighted by atomic mass is 32.2. The number of nitrogens with one attached hydrogen (secondary N) is 1. The van der Waals surface area contributed by atoms with Gasteiger partial charge in [0.05, 0.1) is 12.1 Å². The van der Waals surface area contributed by atoms with Crippen molar-refractivity contribution in [2.45, 2.75) is 43.3 Å². The molecule has 1 aliphatic carbocycles. The average Bonchev–Trinajstić information content (AvgIpc) is 3.57. The van der Waals surface area contributed by atoms with Crippen molar-refractivity contribution in [3.63, 3.8) is 0 Å². The summed E-state index contributed by atoms with van der Waals surface area (Å²) in [5.41, 5.74) is 2.77. The second-order valence-corrected chi connectivity index (χ2v) is 9.72. The van der Waals surface area contributed by atoms with E-state index >= 15 is 0 Å². The lowest BCUT2D eigenvalue weighted by molar-refractivity contribution is -0.172. The Hall–Kier alpha value is -2.02. The Kier molecular flexibility index (Phi) is 5.71. The van der Waals surface area contributed by atoms with Gasteiger partial charge in [-0.2, -0.15) is 0 Å². The van der Waals surface area contributed by atoms with Gasteiger partial charge in [-0.15, -0.1) is 0 Å². The van der Waals surface area contributed by atoms with Crippen LogP contribution < -0.4 is 9.62 Å². The molecule has 5 rings (SSSR count). The second kappa shape index (κ2) is 8.49. The first-order valence-electron chi connectivity index (χ1n) is 11.3. The van der Waals surface area contributed by atoms with Crippen molar-refractivity contribution in [2.24, 2.45) is 0 Å². The monoisotopic (exact) mass is 437 g/mol. The second-order valence-electron chi connectivity index (χ2n) is 9.10. The molecule has 6 heteroatoms. The molecule has 2 spiro atoms. The molecular weight excluding hydrogens is 406 g/mol. The predicted octanol–water partition coefficient (Wildman–Crippen LogP) is 4.35.